The fourth-order valence-corrected chi connectivity index (χ4v) is 1.22. The first kappa shape index (κ1) is 9.85. The molecule has 0 aromatic heterocycles. The zero-order valence-corrected chi connectivity index (χ0v) is 8.24. The summed E-state index contributed by atoms with van der Waals surface area (Å²) in [5.74, 6) is -0.409. The van der Waals surface area contributed by atoms with E-state index in [0.29, 0.717) is 5.69 Å². The van der Waals surface area contributed by atoms with Gasteiger partial charge in [0.25, 0.3) is 0 Å². The fraction of sp³-hybridized carbons (Fsp3) is 0.125. The molecule has 0 atom stereocenters. The molecule has 0 bridgehead atoms. The van der Waals surface area contributed by atoms with Crippen molar-refractivity contribution in [2.75, 3.05) is 11.9 Å². The monoisotopic (exact) mass is 242 g/mol. The van der Waals surface area contributed by atoms with E-state index in [4.69, 9.17) is 0 Å². The summed E-state index contributed by atoms with van der Waals surface area (Å²) in [6.07, 6.45) is 0. The molecule has 0 unspecified atom stereocenters. The molecule has 1 amide bonds. The van der Waals surface area contributed by atoms with Crippen LogP contribution in [0.3, 0.4) is 0 Å². The Balaban J connectivity index is 2.63. The van der Waals surface area contributed by atoms with Crippen molar-refractivity contribution in [2.45, 2.75) is 0 Å². The summed E-state index contributed by atoms with van der Waals surface area (Å²) in [6, 6.07) is 7.10. The standard InChI is InChI=1S/C8H7BrN2O2/c9-6-2-1-3-7(4-6)11-8(12)5-10-13/h1-4H,5H2,(H,11,12). The molecule has 13 heavy (non-hydrogen) atoms. The molecule has 0 aliphatic rings. The Morgan fingerprint density at radius 2 is 2.31 bits per heavy atom. The molecule has 0 saturated heterocycles. The maximum Gasteiger partial charge on any atom is 0.249 e. The Morgan fingerprint density at radius 1 is 1.54 bits per heavy atom. The van der Waals surface area contributed by atoms with E-state index in [1.807, 2.05) is 6.07 Å². The van der Waals surface area contributed by atoms with Gasteiger partial charge in [-0.2, -0.15) is 4.91 Å². The van der Waals surface area contributed by atoms with E-state index in [1.165, 1.54) is 0 Å². The number of nitrogens with zero attached hydrogens (tertiary/aromatic N) is 1. The number of nitrogens with one attached hydrogen (secondary N) is 1. The van der Waals surface area contributed by atoms with Crippen molar-refractivity contribution in [3.05, 3.63) is 33.6 Å². The molecular formula is C8H7BrN2O2. The van der Waals surface area contributed by atoms with Gasteiger partial charge in [0.2, 0.25) is 5.91 Å². The van der Waals surface area contributed by atoms with Gasteiger partial charge in [-0.15, -0.1) is 0 Å². The molecule has 5 heteroatoms. The predicted octanol–water partition coefficient (Wildman–Crippen LogP) is 2.15. The zero-order chi connectivity index (χ0) is 9.68. The Bertz CT molecular complexity index is 328. The van der Waals surface area contributed by atoms with E-state index in [2.05, 4.69) is 26.4 Å². The number of carbonyl (C=O) groups is 1. The number of benzene rings is 1. The maximum atomic E-state index is 10.9. The molecule has 0 aliphatic carbocycles. The van der Waals surface area contributed by atoms with E-state index >= 15 is 0 Å². The van der Waals surface area contributed by atoms with Crippen LogP contribution in [0.4, 0.5) is 5.69 Å². The quantitative estimate of drug-likeness (QED) is 0.827. The SMILES string of the molecule is O=NCC(=O)Nc1cccc(Br)c1. The molecule has 1 N–H and O–H groups in total. The highest BCUT2D eigenvalue weighted by Crippen LogP contribution is 2.15. The van der Waals surface area contributed by atoms with E-state index in [9.17, 15) is 9.70 Å². The number of carbonyl (C=O) groups excluding carboxylic acids is 1. The Hall–Kier alpha value is -1.23. The van der Waals surface area contributed by atoms with E-state index in [1.54, 1.807) is 18.2 Å². The number of halogens is 1. The summed E-state index contributed by atoms with van der Waals surface area (Å²) >= 11 is 3.25. The van der Waals surface area contributed by atoms with Gasteiger partial charge in [0.15, 0.2) is 6.54 Å². The van der Waals surface area contributed by atoms with Crippen LogP contribution < -0.4 is 5.32 Å². The Kier molecular flexibility index (Phi) is 3.57. The summed E-state index contributed by atoms with van der Waals surface area (Å²) in [4.78, 5) is 20.7. The van der Waals surface area contributed by atoms with Crippen molar-refractivity contribution in [3.63, 3.8) is 0 Å². The van der Waals surface area contributed by atoms with Gasteiger partial charge in [-0.3, -0.25) is 4.79 Å². The lowest BCUT2D eigenvalue weighted by atomic mass is 10.3. The molecule has 0 aliphatic heterocycles. The second kappa shape index (κ2) is 4.71. The smallest absolute Gasteiger partial charge is 0.249 e. The summed E-state index contributed by atoms with van der Waals surface area (Å²) in [5, 5.41) is 5.00. The average molecular weight is 243 g/mol. The Morgan fingerprint density at radius 3 is 2.92 bits per heavy atom. The van der Waals surface area contributed by atoms with Crippen molar-refractivity contribution in [2.24, 2.45) is 5.18 Å². The van der Waals surface area contributed by atoms with Crippen LogP contribution in [0.2, 0.25) is 0 Å². The number of hydrogen-bond acceptors (Lipinski definition) is 3. The normalized spacial score (nSPS) is 9.31. The van der Waals surface area contributed by atoms with Gasteiger partial charge < -0.3 is 5.32 Å². The first-order valence-electron chi connectivity index (χ1n) is 3.57. The molecule has 0 heterocycles. The van der Waals surface area contributed by atoms with Gasteiger partial charge in [-0.05, 0) is 18.2 Å². The third-order valence-corrected chi connectivity index (χ3v) is 1.81. The van der Waals surface area contributed by atoms with Crippen LogP contribution in [0.1, 0.15) is 0 Å². The van der Waals surface area contributed by atoms with Gasteiger partial charge in [-0.1, -0.05) is 27.2 Å². The minimum atomic E-state index is -0.409. The van der Waals surface area contributed by atoms with Gasteiger partial charge in [0, 0.05) is 10.2 Å². The van der Waals surface area contributed by atoms with Crippen LogP contribution in [0.5, 0.6) is 0 Å². The lowest BCUT2D eigenvalue weighted by Gasteiger charge is -2.01. The van der Waals surface area contributed by atoms with Gasteiger partial charge in [0.1, 0.15) is 0 Å². The molecule has 1 aromatic rings. The van der Waals surface area contributed by atoms with Gasteiger partial charge >= 0.3 is 0 Å². The fourth-order valence-electron chi connectivity index (χ4n) is 0.825. The summed E-state index contributed by atoms with van der Waals surface area (Å²) in [7, 11) is 0. The molecule has 68 valence electrons. The number of nitroso groups, excluding NO2 is 1. The first-order valence-corrected chi connectivity index (χ1v) is 4.36. The molecule has 0 spiro atoms. The van der Waals surface area contributed by atoms with Crippen LogP contribution >= 0.6 is 15.9 Å². The highest BCUT2D eigenvalue weighted by molar-refractivity contribution is 9.10. The summed E-state index contributed by atoms with van der Waals surface area (Å²) in [5.41, 5.74) is 0.642. The number of amides is 1. The highest BCUT2D eigenvalue weighted by atomic mass is 79.9. The maximum absolute atomic E-state index is 10.9. The van der Waals surface area contributed by atoms with Crippen LogP contribution in [0.25, 0.3) is 0 Å². The number of anilines is 1. The summed E-state index contributed by atoms with van der Waals surface area (Å²) < 4.78 is 0.865. The molecule has 0 fully saturated rings. The van der Waals surface area contributed by atoms with Crippen molar-refractivity contribution < 1.29 is 4.79 Å². The highest BCUT2D eigenvalue weighted by Gasteiger charge is 2.00. The van der Waals surface area contributed by atoms with Crippen LogP contribution in [-0.4, -0.2) is 12.5 Å². The minimum absolute atomic E-state index is 0.355. The predicted molar refractivity (Wildman–Crippen MR) is 53.4 cm³/mol. The third-order valence-electron chi connectivity index (χ3n) is 1.32. The second-order valence-corrected chi connectivity index (χ2v) is 3.26. The minimum Gasteiger partial charge on any atom is -0.324 e. The van der Waals surface area contributed by atoms with Crippen molar-refractivity contribution in [3.8, 4) is 0 Å². The van der Waals surface area contributed by atoms with Gasteiger partial charge in [-0.25, -0.2) is 0 Å². The zero-order valence-electron chi connectivity index (χ0n) is 6.66. The molecule has 0 radical (unpaired) electrons. The first-order chi connectivity index (χ1) is 6.22. The van der Waals surface area contributed by atoms with Crippen LogP contribution in [0, 0.1) is 4.91 Å². The van der Waals surface area contributed by atoms with Crippen LogP contribution in [0.15, 0.2) is 33.9 Å². The third kappa shape index (κ3) is 3.33. The molecule has 0 saturated carbocycles. The topological polar surface area (TPSA) is 58.5 Å². The lowest BCUT2D eigenvalue weighted by Crippen LogP contribution is -2.14. The second-order valence-electron chi connectivity index (χ2n) is 2.35. The van der Waals surface area contributed by atoms with E-state index < -0.39 is 5.91 Å². The number of rotatable bonds is 3. The lowest BCUT2D eigenvalue weighted by molar-refractivity contribution is -0.114. The number of hydrogen-bond donors (Lipinski definition) is 1. The Labute approximate surface area is 83.4 Å². The summed E-state index contributed by atoms with van der Waals surface area (Å²) in [6.45, 7) is -0.355. The molecule has 4 nitrogen and oxygen atoms in total. The van der Waals surface area contributed by atoms with E-state index in [-0.39, 0.29) is 6.54 Å². The average Bonchev–Trinajstić information content (AvgIpc) is 2.04. The van der Waals surface area contributed by atoms with Crippen molar-refractivity contribution in [1.82, 2.24) is 0 Å². The largest absolute Gasteiger partial charge is 0.324 e. The molecular weight excluding hydrogens is 236 g/mol. The van der Waals surface area contributed by atoms with Crippen LogP contribution in [-0.2, 0) is 4.79 Å². The molecule has 1 rings (SSSR count). The van der Waals surface area contributed by atoms with Crippen molar-refractivity contribution >= 4 is 27.5 Å². The molecule has 1 aromatic carbocycles. The van der Waals surface area contributed by atoms with Crippen molar-refractivity contribution in [1.29, 1.82) is 0 Å². The van der Waals surface area contributed by atoms with Gasteiger partial charge in [0.05, 0.1) is 0 Å². The van der Waals surface area contributed by atoms with E-state index in [0.717, 1.165) is 4.47 Å².